The maximum absolute atomic E-state index is 12.4. The monoisotopic (exact) mass is 342 g/mol. The fraction of sp³-hybridized carbons (Fsp3) is 0.294. The van der Waals surface area contributed by atoms with Crippen molar-refractivity contribution in [2.45, 2.75) is 26.7 Å². The highest BCUT2D eigenvalue weighted by molar-refractivity contribution is 6.59. The highest BCUT2D eigenvalue weighted by Gasteiger charge is 2.36. The molecule has 0 aromatic heterocycles. The molecule has 4 N–H and O–H groups in total. The molecule has 1 heterocycles. The number of carbonyl (C=O) groups excluding carboxylic acids is 1. The second-order valence-corrected chi connectivity index (χ2v) is 5.60. The Morgan fingerprint density at radius 3 is 2.64 bits per heavy atom. The molecule has 0 amide bonds. The second-order valence-electron chi connectivity index (χ2n) is 5.60. The van der Waals surface area contributed by atoms with Crippen LogP contribution < -0.4 is 11.2 Å². The van der Waals surface area contributed by atoms with E-state index in [1.165, 1.54) is 6.07 Å². The third kappa shape index (κ3) is 3.53. The fourth-order valence-corrected chi connectivity index (χ4v) is 2.86. The summed E-state index contributed by atoms with van der Waals surface area (Å²) in [6.45, 7) is 5.15. The van der Waals surface area contributed by atoms with Gasteiger partial charge < -0.3 is 25.3 Å². The molecule has 7 nitrogen and oxygen atoms in total. The van der Waals surface area contributed by atoms with Crippen LogP contribution in [0, 0.1) is 18.3 Å². The molecule has 0 saturated heterocycles. The van der Waals surface area contributed by atoms with Gasteiger partial charge >= 0.3 is 13.1 Å². The van der Waals surface area contributed by atoms with Crippen molar-refractivity contribution >= 4 is 18.6 Å². The van der Waals surface area contributed by atoms with E-state index < -0.39 is 19.0 Å². The van der Waals surface area contributed by atoms with Gasteiger partial charge in [-0.25, -0.2) is 4.79 Å². The summed E-state index contributed by atoms with van der Waals surface area (Å²) >= 11 is 0. The van der Waals surface area contributed by atoms with Crippen molar-refractivity contribution in [3.63, 3.8) is 0 Å². The Kier molecular flexibility index (Phi) is 5.52. The lowest BCUT2D eigenvalue weighted by Crippen LogP contribution is -2.32. The third-order valence-corrected chi connectivity index (χ3v) is 4.01. The maximum atomic E-state index is 12.4. The van der Waals surface area contributed by atoms with Crippen LogP contribution in [0.5, 0.6) is 0 Å². The summed E-state index contributed by atoms with van der Waals surface area (Å²) in [6, 6.07) is 6.83. The summed E-state index contributed by atoms with van der Waals surface area (Å²) in [7, 11) is -1.61. The highest BCUT2D eigenvalue weighted by Crippen LogP contribution is 2.39. The van der Waals surface area contributed by atoms with Gasteiger partial charge in [-0.3, -0.25) is 0 Å². The molecule has 2 rings (SSSR count). The molecule has 1 aromatic carbocycles. The van der Waals surface area contributed by atoms with Crippen molar-refractivity contribution < 1.29 is 24.3 Å². The molecule has 1 aliphatic heterocycles. The van der Waals surface area contributed by atoms with Gasteiger partial charge in [0.15, 0.2) is 0 Å². The van der Waals surface area contributed by atoms with Crippen LogP contribution in [0.3, 0.4) is 0 Å². The van der Waals surface area contributed by atoms with Gasteiger partial charge in [0.1, 0.15) is 17.4 Å². The predicted octanol–water partition coefficient (Wildman–Crippen LogP) is 0.320. The number of nitrogens with zero attached hydrogens (tertiary/aromatic N) is 1. The Bertz CT molecular complexity index is 808. The first-order chi connectivity index (χ1) is 11.8. The van der Waals surface area contributed by atoms with Crippen LogP contribution in [0.4, 0.5) is 0 Å². The molecular formula is C17H19BN2O5. The summed E-state index contributed by atoms with van der Waals surface area (Å²) in [5, 5.41) is 28.2. The maximum Gasteiger partial charge on any atom is 0.488 e. The third-order valence-electron chi connectivity index (χ3n) is 4.01. The summed E-state index contributed by atoms with van der Waals surface area (Å²) < 4.78 is 10.4. The topological polar surface area (TPSA) is 126 Å². The van der Waals surface area contributed by atoms with Crippen LogP contribution in [0.1, 0.15) is 30.9 Å². The van der Waals surface area contributed by atoms with Crippen LogP contribution in [0.15, 0.2) is 41.0 Å². The minimum Gasteiger partial charge on any atom is -0.463 e. The molecule has 25 heavy (non-hydrogen) atoms. The minimum atomic E-state index is -1.61. The number of aryl methyl sites for hydroxylation is 1. The van der Waals surface area contributed by atoms with Crippen LogP contribution in [-0.4, -0.2) is 29.7 Å². The van der Waals surface area contributed by atoms with Gasteiger partial charge in [-0.15, -0.1) is 0 Å². The Labute approximate surface area is 146 Å². The molecular weight excluding hydrogens is 323 g/mol. The van der Waals surface area contributed by atoms with Gasteiger partial charge in [0.25, 0.3) is 0 Å². The zero-order valence-electron chi connectivity index (χ0n) is 14.2. The van der Waals surface area contributed by atoms with Crippen molar-refractivity contribution in [1.29, 1.82) is 5.26 Å². The number of allylic oxidation sites excluding steroid dienone is 2. The SMILES string of the molecule is CCOC(=O)C1=C(C)OC(N)=C(C#N)C1c1ccc(B(O)O)c(C)c1. The molecule has 0 fully saturated rings. The number of benzene rings is 1. The van der Waals surface area contributed by atoms with Crippen molar-refractivity contribution in [3.05, 3.63) is 52.1 Å². The van der Waals surface area contributed by atoms with E-state index in [1.807, 2.05) is 6.07 Å². The highest BCUT2D eigenvalue weighted by atomic mass is 16.5. The Hall–Kier alpha value is -2.76. The van der Waals surface area contributed by atoms with Crippen LogP contribution in [0.2, 0.25) is 0 Å². The lowest BCUT2D eigenvalue weighted by atomic mass is 9.74. The molecule has 0 bridgehead atoms. The first kappa shape index (κ1) is 18.6. The average Bonchev–Trinajstić information content (AvgIpc) is 2.53. The number of carbonyl (C=O) groups is 1. The normalized spacial score (nSPS) is 17.0. The average molecular weight is 342 g/mol. The Morgan fingerprint density at radius 2 is 2.12 bits per heavy atom. The van der Waals surface area contributed by atoms with Gasteiger partial charge in [0.05, 0.1) is 18.1 Å². The van der Waals surface area contributed by atoms with Crippen LogP contribution in [-0.2, 0) is 14.3 Å². The molecule has 130 valence electrons. The Balaban J connectivity index is 2.62. The smallest absolute Gasteiger partial charge is 0.463 e. The van der Waals surface area contributed by atoms with Gasteiger partial charge in [0.2, 0.25) is 5.88 Å². The molecule has 1 aliphatic rings. The largest absolute Gasteiger partial charge is 0.488 e. The standard InChI is InChI=1S/C17H19BN2O5/c1-4-24-17(21)14-10(3)25-16(20)12(8-19)15(14)11-5-6-13(18(22)23)9(2)7-11/h5-7,15,22-23H,4,20H2,1-3H3. The zero-order chi connectivity index (χ0) is 18.7. The number of rotatable bonds is 4. The van der Waals surface area contributed by atoms with Gasteiger partial charge in [-0.2, -0.15) is 5.26 Å². The van der Waals surface area contributed by atoms with Gasteiger partial charge in [0, 0.05) is 0 Å². The van der Waals surface area contributed by atoms with E-state index in [4.69, 9.17) is 15.2 Å². The van der Waals surface area contributed by atoms with E-state index in [0.29, 0.717) is 16.6 Å². The number of hydrogen-bond acceptors (Lipinski definition) is 7. The first-order valence-corrected chi connectivity index (χ1v) is 7.73. The molecule has 8 heteroatoms. The van der Waals surface area contributed by atoms with E-state index in [-0.39, 0.29) is 29.4 Å². The molecule has 0 radical (unpaired) electrons. The van der Waals surface area contributed by atoms with E-state index >= 15 is 0 Å². The first-order valence-electron chi connectivity index (χ1n) is 7.73. The number of esters is 1. The van der Waals surface area contributed by atoms with Crippen LogP contribution >= 0.6 is 0 Å². The minimum absolute atomic E-state index is 0.0676. The van der Waals surface area contributed by atoms with Crippen molar-refractivity contribution in [3.8, 4) is 6.07 Å². The van der Waals surface area contributed by atoms with E-state index in [0.717, 1.165) is 0 Å². The number of nitriles is 1. The molecule has 1 aromatic rings. The van der Waals surface area contributed by atoms with E-state index in [9.17, 15) is 20.1 Å². The number of nitrogens with two attached hydrogens (primary N) is 1. The van der Waals surface area contributed by atoms with E-state index in [2.05, 4.69) is 0 Å². The molecule has 1 atom stereocenters. The fourth-order valence-electron chi connectivity index (χ4n) is 2.86. The Morgan fingerprint density at radius 1 is 1.44 bits per heavy atom. The quantitative estimate of drug-likeness (QED) is 0.531. The van der Waals surface area contributed by atoms with E-state index in [1.54, 1.807) is 32.9 Å². The second kappa shape index (κ2) is 7.42. The molecule has 1 unspecified atom stereocenters. The lowest BCUT2D eigenvalue weighted by Gasteiger charge is -2.27. The summed E-state index contributed by atoms with van der Waals surface area (Å²) in [5.41, 5.74) is 7.68. The van der Waals surface area contributed by atoms with Crippen molar-refractivity contribution in [1.82, 2.24) is 0 Å². The molecule has 0 spiro atoms. The van der Waals surface area contributed by atoms with Crippen molar-refractivity contribution in [2.24, 2.45) is 5.73 Å². The van der Waals surface area contributed by atoms with Gasteiger partial charge in [-0.05, 0) is 31.8 Å². The summed E-state index contributed by atoms with van der Waals surface area (Å²) in [6.07, 6.45) is 0. The van der Waals surface area contributed by atoms with Crippen LogP contribution in [0.25, 0.3) is 0 Å². The van der Waals surface area contributed by atoms with Crippen molar-refractivity contribution in [2.75, 3.05) is 6.61 Å². The number of hydrogen-bond donors (Lipinski definition) is 3. The predicted molar refractivity (Wildman–Crippen MR) is 91.0 cm³/mol. The summed E-state index contributed by atoms with van der Waals surface area (Å²) in [5.74, 6) is -1.14. The summed E-state index contributed by atoms with van der Waals surface area (Å²) in [4.78, 5) is 12.4. The molecule has 0 aliphatic carbocycles. The number of ether oxygens (including phenoxy) is 2. The molecule has 0 saturated carbocycles. The zero-order valence-corrected chi connectivity index (χ0v) is 14.2. The van der Waals surface area contributed by atoms with Gasteiger partial charge in [-0.1, -0.05) is 23.8 Å². The lowest BCUT2D eigenvalue weighted by molar-refractivity contribution is -0.139.